The lowest BCUT2D eigenvalue weighted by Crippen LogP contribution is -2.37. The lowest BCUT2D eigenvalue weighted by atomic mass is 10.3. The normalized spacial score (nSPS) is 11.9. The van der Waals surface area contributed by atoms with Crippen LogP contribution in [0.4, 0.5) is 0 Å². The molecule has 0 radical (unpaired) electrons. The molecule has 0 saturated carbocycles. The summed E-state index contributed by atoms with van der Waals surface area (Å²) in [5, 5.41) is 2.73. The summed E-state index contributed by atoms with van der Waals surface area (Å²) in [4.78, 5) is 11.6. The highest BCUT2D eigenvalue weighted by atomic mass is 127. The summed E-state index contributed by atoms with van der Waals surface area (Å²) < 4.78 is 11.5. The first kappa shape index (κ1) is 14.2. The fourth-order valence-corrected chi connectivity index (χ4v) is 1.73. The van der Waals surface area contributed by atoms with Crippen LogP contribution in [0.3, 0.4) is 0 Å². The van der Waals surface area contributed by atoms with Crippen LogP contribution >= 0.6 is 22.6 Å². The molecular formula is C12H16INO3. The van der Waals surface area contributed by atoms with Crippen LogP contribution in [-0.4, -0.2) is 32.3 Å². The van der Waals surface area contributed by atoms with Gasteiger partial charge >= 0.3 is 0 Å². The molecule has 5 heteroatoms. The maximum Gasteiger partial charge on any atom is 0.260 e. The number of benzene rings is 1. The number of halogens is 1. The number of hydrogen-bond donors (Lipinski definition) is 1. The molecule has 0 aliphatic heterocycles. The summed E-state index contributed by atoms with van der Waals surface area (Å²) in [6.07, 6.45) is -0.509. The molecular weight excluding hydrogens is 333 g/mol. The predicted octanol–water partition coefficient (Wildman–Crippen LogP) is 1.82. The topological polar surface area (TPSA) is 47.6 Å². The van der Waals surface area contributed by atoms with Gasteiger partial charge < -0.3 is 14.8 Å². The Morgan fingerprint density at radius 2 is 2.29 bits per heavy atom. The van der Waals surface area contributed by atoms with E-state index in [1.54, 1.807) is 14.0 Å². The molecule has 1 aromatic carbocycles. The quantitative estimate of drug-likeness (QED) is 0.630. The zero-order valence-corrected chi connectivity index (χ0v) is 12.1. The summed E-state index contributed by atoms with van der Waals surface area (Å²) in [6.45, 7) is 2.72. The van der Waals surface area contributed by atoms with Crippen LogP contribution in [0.25, 0.3) is 0 Å². The van der Waals surface area contributed by atoms with Gasteiger partial charge in [0.25, 0.3) is 5.91 Å². The maximum absolute atomic E-state index is 11.6. The number of methoxy groups -OCH3 is 1. The molecule has 0 aliphatic rings. The van der Waals surface area contributed by atoms with E-state index >= 15 is 0 Å². The molecule has 1 aromatic rings. The highest BCUT2D eigenvalue weighted by Gasteiger charge is 2.13. The van der Waals surface area contributed by atoms with E-state index in [2.05, 4.69) is 27.9 Å². The summed E-state index contributed by atoms with van der Waals surface area (Å²) in [5.74, 6) is 0.562. The van der Waals surface area contributed by atoms with Crippen LogP contribution < -0.4 is 10.1 Å². The van der Waals surface area contributed by atoms with Crippen molar-refractivity contribution in [2.75, 3.05) is 20.3 Å². The Kier molecular flexibility index (Phi) is 6.28. The fraction of sp³-hybridized carbons (Fsp3) is 0.417. The molecule has 1 N–H and O–H groups in total. The number of rotatable bonds is 6. The first-order valence-corrected chi connectivity index (χ1v) is 6.40. The minimum atomic E-state index is -0.509. The molecule has 0 unspecified atom stereocenters. The average molecular weight is 349 g/mol. The molecule has 0 aromatic heterocycles. The van der Waals surface area contributed by atoms with E-state index in [1.165, 1.54) is 0 Å². The van der Waals surface area contributed by atoms with E-state index in [1.807, 2.05) is 24.3 Å². The van der Waals surface area contributed by atoms with E-state index < -0.39 is 6.10 Å². The summed E-state index contributed by atoms with van der Waals surface area (Å²) in [5.41, 5.74) is 0. The maximum atomic E-state index is 11.6. The molecule has 0 fully saturated rings. The zero-order chi connectivity index (χ0) is 12.7. The van der Waals surface area contributed by atoms with Crippen molar-refractivity contribution in [1.29, 1.82) is 0 Å². The van der Waals surface area contributed by atoms with E-state index in [0.29, 0.717) is 18.9 Å². The van der Waals surface area contributed by atoms with Gasteiger partial charge in [0, 0.05) is 17.2 Å². The van der Waals surface area contributed by atoms with Gasteiger partial charge in [0.05, 0.1) is 6.61 Å². The molecule has 1 rings (SSSR count). The summed E-state index contributed by atoms with van der Waals surface area (Å²) in [7, 11) is 1.60. The van der Waals surface area contributed by atoms with Gasteiger partial charge in [-0.3, -0.25) is 4.79 Å². The highest BCUT2D eigenvalue weighted by molar-refractivity contribution is 14.1. The van der Waals surface area contributed by atoms with Gasteiger partial charge in [-0.2, -0.15) is 0 Å². The number of nitrogens with one attached hydrogen (secondary N) is 1. The van der Waals surface area contributed by atoms with Crippen LogP contribution in [0.1, 0.15) is 6.92 Å². The van der Waals surface area contributed by atoms with Crippen molar-refractivity contribution < 1.29 is 14.3 Å². The molecule has 0 bridgehead atoms. The fourth-order valence-electron chi connectivity index (χ4n) is 1.22. The van der Waals surface area contributed by atoms with Crippen molar-refractivity contribution in [3.63, 3.8) is 0 Å². The Bertz CT molecular complexity index is 371. The Morgan fingerprint density at radius 3 is 2.94 bits per heavy atom. The first-order valence-electron chi connectivity index (χ1n) is 5.32. The second kappa shape index (κ2) is 7.50. The number of ether oxygens (including phenoxy) is 2. The van der Waals surface area contributed by atoms with Crippen molar-refractivity contribution in [2.24, 2.45) is 0 Å². The van der Waals surface area contributed by atoms with Gasteiger partial charge in [-0.05, 0) is 47.7 Å². The molecule has 0 aliphatic carbocycles. The Hall–Kier alpha value is -0.820. The monoisotopic (exact) mass is 349 g/mol. The third-order valence-electron chi connectivity index (χ3n) is 2.08. The van der Waals surface area contributed by atoms with Gasteiger partial charge in [-0.1, -0.05) is 6.07 Å². The smallest absolute Gasteiger partial charge is 0.260 e. The molecule has 0 spiro atoms. The minimum Gasteiger partial charge on any atom is -0.481 e. The molecule has 4 nitrogen and oxygen atoms in total. The highest BCUT2D eigenvalue weighted by Crippen LogP contribution is 2.16. The van der Waals surface area contributed by atoms with Gasteiger partial charge in [0.1, 0.15) is 5.75 Å². The molecule has 0 heterocycles. The Labute approximate surface area is 115 Å². The first-order chi connectivity index (χ1) is 8.13. The van der Waals surface area contributed by atoms with Gasteiger partial charge in [0.2, 0.25) is 0 Å². The number of carbonyl (C=O) groups excluding carboxylic acids is 1. The third-order valence-corrected chi connectivity index (χ3v) is 2.75. The Morgan fingerprint density at radius 1 is 1.53 bits per heavy atom. The van der Waals surface area contributed by atoms with Crippen LogP contribution in [0.15, 0.2) is 24.3 Å². The minimum absolute atomic E-state index is 0.138. The van der Waals surface area contributed by atoms with Crippen molar-refractivity contribution in [3.8, 4) is 5.75 Å². The van der Waals surface area contributed by atoms with E-state index in [4.69, 9.17) is 9.47 Å². The Balaban J connectivity index is 2.43. The van der Waals surface area contributed by atoms with Gasteiger partial charge in [-0.25, -0.2) is 0 Å². The average Bonchev–Trinajstić information content (AvgIpc) is 2.29. The lowest BCUT2D eigenvalue weighted by Gasteiger charge is -2.14. The van der Waals surface area contributed by atoms with Crippen molar-refractivity contribution >= 4 is 28.5 Å². The molecule has 0 saturated heterocycles. The second-order valence-electron chi connectivity index (χ2n) is 3.50. The molecule has 17 heavy (non-hydrogen) atoms. The van der Waals surface area contributed by atoms with Crippen LogP contribution in [0, 0.1) is 3.57 Å². The van der Waals surface area contributed by atoms with E-state index in [-0.39, 0.29) is 5.91 Å². The van der Waals surface area contributed by atoms with Crippen molar-refractivity contribution in [3.05, 3.63) is 27.8 Å². The number of carbonyl (C=O) groups is 1. The van der Waals surface area contributed by atoms with Crippen LogP contribution in [0.5, 0.6) is 5.75 Å². The SMILES string of the molecule is COCCNC(=O)[C@H](C)Oc1cccc(I)c1. The van der Waals surface area contributed by atoms with Crippen LogP contribution in [-0.2, 0) is 9.53 Å². The van der Waals surface area contributed by atoms with Gasteiger partial charge in [-0.15, -0.1) is 0 Å². The van der Waals surface area contributed by atoms with E-state index in [9.17, 15) is 4.79 Å². The molecule has 94 valence electrons. The lowest BCUT2D eigenvalue weighted by molar-refractivity contribution is -0.127. The second-order valence-corrected chi connectivity index (χ2v) is 4.75. The summed E-state index contributed by atoms with van der Waals surface area (Å²) in [6, 6.07) is 7.59. The van der Waals surface area contributed by atoms with E-state index in [0.717, 1.165) is 3.57 Å². The van der Waals surface area contributed by atoms with Crippen LogP contribution in [0.2, 0.25) is 0 Å². The predicted molar refractivity (Wildman–Crippen MR) is 74.1 cm³/mol. The zero-order valence-electron chi connectivity index (χ0n) is 9.90. The molecule has 1 atom stereocenters. The third kappa shape index (κ3) is 5.36. The number of amides is 1. The van der Waals surface area contributed by atoms with Crippen molar-refractivity contribution in [1.82, 2.24) is 5.32 Å². The molecule has 1 amide bonds. The van der Waals surface area contributed by atoms with Gasteiger partial charge in [0.15, 0.2) is 6.10 Å². The summed E-state index contributed by atoms with van der Waals surface area (Å²) >= 11 is 2.20. The van der Waals surface area contributed by atoms with Crippen molar-refractivity contribution in [2.45, 2.75) is 13.0 Å². The number of hydrogen-bond acceptors (Lipinski definition) is 3. The standard InChI is InChI=1S/C12H16INO3/c1-9(12(15)14-6-7-16-2)17-11-5-3-4-10(13)8-11/h3-5,8-9H,6-7H2,1-2H3,(H,14,15)/t9-/m0/s1. The largest absolute Gasteiger partial charge is 0.481 e.